The number of benzene rings is 2. The van der Waals surface area contributed by atoms with Crippen molar-refractivity contribution in [3.05, 3.63) is 58.7 Å². The van der Waals surface area contributed by atoms with Gasteiger partial charge in [-0.2, -0.15) is 0 Å². The van der Waals surface area contributed by atoms with Crippen molar-refractivity contribution >= 4 is 53.0 Å². The third-order valence-electron chi connectivity index (χ3n) is 9.11. The first kappa shape index (κ1) is 39.0. The van der Waals surface area contributed by atoms with E-state index in [9.17, 15) is 24.0 Å². The summed E-state index contributed by atoms with van der Waals surface area (Å²) in [7, 11) is 1.45. The van der Waals surface area contributed by atoms with Gasteiger partial charge in [0.05, 0.1) is 18.6 Å². The molecule has 13 nitrogen and oxygen atoms in total. The van der Waals surface area contributed by atoms with E-state index < -0.39 is 54.8 Å². The van der Waals surface area contributed by atoms with Crippen LogP contribution in [-0.2, 0) is 65.2 Å². The molecule has 2 unspecified atom stereocenters. The summed E-state index contributed by atoms with van der Waals surface area (Å²) in [5, 5.41) is 2.60. The van der Waals surface area contributed by atoms with Crippen LogP contribution in [0.1, 0.15) is 68.2 Å². The highest BCUT2D eigenvalue weighted by Gasteiger charge is 2.40. The number of aryl methyl sites for hydroxylation is 1. The van der Waals surface area contributed by atoms with Crippen molar-refractivity contribution in [2.45, 2.75) is 58.8 Å². The maximum atomic E-state index is 12.7. The smallest absolute Gasteiger partial charge is 0.467 e. The van der Waals surface area contributed by atoms with Crippen LogP contribution >= 0.6 is 0 Å². The van der Waals surface area contributed by atoms with E-state index >= 15 is 0 Å². The second-order valence-electron chi connectivity index (χ2n) is 13.1. The normalized spacial score (nSPS) is 15.1. The zero-order valence-electron chi connectivity index (χ0n) is 29.5. The monoisotopic (exact) mass is 709 g/mol. The summed E-state index contributed by atoms with van der Waals surface area (Å²) < 4.78 is 35.5. The number of ether oxygens (including phenoxy) is 7. The molecule has 0 aromatic heterocycles. The van der Waals surface area contributed by atoms with Gasteiger partial charge in [0.25, 0.3) is 6.47 Å². The molecule has 0 amide bonds. The van der Waals surface area contributed by atoms with Crippen molar-refractivity contribution in [3.8, 4) is 0 Å². The molecule has 2 aromatic carbocycles. The Kier molecular flexibility index (Phi) is 14.1. The summed E-state index contributed by atoms with van der Waals surface area (Å²) in [5.74, 6) is -2.30. The number of rotatable bonds is 21. The minimum Gasteiger partial charge on any atom is -0.467 e. The predicted molar refractivity (Wildman–Crippen MR) is 186 cm³/mol. The maximum absolute atomic E-state index is 12.7. The molecule has 0 bridgehead atoms. The number of carbonyl (C=O) groups is 5. The van der Waals surface area contributed by atoms with E-state index in [1.54, 1.807) is 0 Å². The van der Waals surface area contributed by atoms with Crippen molar-refractivity contribution in [3.63, 3.8) is 0 Å². The largest absolute Gasteiger partial charge is 0.508 e. The van der Waals surface area contributed by atoms with Crippen LogP contribution in [0.5, 0.6) is 0 Å². The minimum atomic E-state index is -1.60. The van der Waals surface area contributed by atoms with Crippen molar-refractivity contribution in [2.24, 2.45) is 16.6 Å². The molecule has 0 spiro atoms. The Labute approximate surface area is 297 Å². The van der Waals surface area contributed by atoms with Crippen molar-refractivity contribution in [1.82, 2.24) is 0 Å². The lowest BCUT2D eigenvalue weighted by molar-refractivity contribution is -0.166. The Morgan fingerprint density at radius 3 is 2.39 bits per heavy atom. The Morgan fingerprint density at radius 2 is 1.63 bits per heavy atom. The molecule has 2 N–H and O–H groups in total. The Hall–Kier alpha value is -4.75. The standard InChI is InChI=1S/C38H47NO12/c1-37(21-46-25-40,34(42)47-20-19-45-3)17-16-31(41)49-22-38(2,35(43)51-24-39)23-50-36(44)48-18-5-4-7-26-10-11-29-13-12-27-8-6-9-28-14-15-30(26)33(29)32(27)28/h6,9-12,14-15,25H,4-5,7-8,13,16-24,39H2,1-3H3. The highest BCUT2D eigenvalue weighted by atomic mass is 16.7. The lowest BCUT2D eigenvalue weighted by Gasteiger charge is -2.27. The second kappa shape index (κ2) is 18.5. The molecule has 276 valence electrons. The third-order valence-corrected chi connectivity index (χ3v) is 9.11. The number of methoxy groups -OCH3 is 1. The van der Waals surface area contributed by atoms with Crippen LogP contribution in [0, 0.1) is 10.8 Å². The quantitative estimate of drug-likeness (QED) is 0.0614. The zero-order chi connectivity index (χ0) is 36.9. The number of hydrogen-bond acceptors (Lipinski definition) is 13. The van der Waals surface area contributed by atoms with E-state index in [1.165, 1.54) is 59.6 Å². The molecule has 13 heteroatoms. The highest BCUT2D eigenvalue weighted by Crippen LogP contribution is 2.41. The predicted octanol–water partition coefficient (Wildman–Crippen LogP) is 4.83. The van der Waals surface area contributed by atoms with Crippen molar-refractivity contribution in [2.75, 3.05) is 53.5 Å². The van der Waals surface area contributed by atoms with Gasteiger partial charge in [-0.3, -0.25) is 24.9 Å². The van der Waals surface area contributed by atoms with E-state index in [2.05, 4.69) is 42.5 Å². The zero-order valence-corrected chi connectivity index (χ0v) is 29.5. The summed E-state index contributed by atoms with van der Waals surface area (Å²) in [4.78, 5) is 61.2. The Balaban J connectivity index is 1.24. The van der Waals surface area contributed by atoms with Gasteiger partial charge in [-0.15, -0.1) is 0 Å². The van der Waals surface area contributed by atoms with E-state index in [0.29, 0.717) is 6.42 Å². The fourth-order valence-electron chi connectivity index (χ4n) is 6.08. The first-order valence-corrected chi connectivity index (χ1v) is 17.0. The van der Waals surface area contributed by atoms with Gasteiger partial charge < -0.3 is 33.2 Å². The first-order valence-electron chi connectivity index (χ1n) is 17.0. The number of carbonyl (C=O) groups excluding carboxylic acids is 5. The minimum absolute atomic E-state index is 0.0231. The van der Waals surface area contributed by atoms with Gasteiger partial charge in [-0.1, -0.05) is 42.5 Å². The van der Waals surface area contributed by atoms with Gasteiger partial charge in [0.2, 0.25) is 0 Å². The number of nitrogens with two attached hydrogens (primary N) is 1. The number of allylic oxidation sites excluding steroid dienone is 3. The van der Waals surface area contributed by atoms with Crippen molar-refractivity contribution < 1.29 is 57.1 Å². The lowest BCUT2D eigenvalue weighted by Crippen LogP contribution is -2.41. The Bertz CT molecular complexity index is 1650. The van der Waals surface area contributed by atoms with Gasteiger partial charge in [0, 0.05) is 13.5 Å². The molecule has 0 fully saturated rings. The number of unbranched alkanes of at least 4 members (excludes halogenated alkanes) is 1. The maximum Gasteiger partial charge on any atom is 0.508 e. The summed E-state index contributed by atoms with van der Waals surface area (Å²) in [6.45, 7) is 1.52. The van der Waals surface area contributed by atoms with Gasteiger partial charge in [0.1, 0.15) is 38.6 Å². The van der Waals surface area contributed by atoms with Crippen LogP contribution < -0.4 is 5.73 Å². The van der Waals surface area contributed by atoms with E-state index in [1.807, 2.05) is 0 Å². The SMILES string of the molecule is COCCOC(=O)C(C)(CCC(=O)OCC(C)(COC(=O)OCCCCc1ccc2c3c4c(ccc13)C=CCC4=CC2)C(=O)OCN)COC=O. The molecule has 0 radical (unpaired) electrons. The molecule has 51 heavy (non-hydrogen) atoms. The summed E-state index contributed by atoms with van der Waals surface area (Å²) in [6, 6.07) is 8.78. The molecule has 2 aliphatic carbocycles. The average molecular weight is 710 g/mol. The lowest BCUT2D eigenvalue weighted by atomic mass is 9.80. The van der Waals surface area contributed by atoms with Gasteiger partial charge in [-0.25, -0.2) is 4.79 Å². The molecular formula is C38H47NO12. The number of esters is 3. The summed E-state index contributed by atoms with van der Waals surface area (Å²) in [6.07, 6.45) is 9.47. The average Bonchev–Trinajstić information content (AvgIpc) is 3.14. The summed E-state index contributed by atoms with van der Waals surface area (Å²) >= 11 is 0. The van der Waals surface area contributed by atoms with Crippen LogP contribution in [0.25, 0.3) is 22.4 Å². The van der Waals surface area contributed by atoms with Crippen LogP contribution in [0.4, 0.5) is 4.79 Å². The van der Waals surface area contributed by atoms with E-state index in [0.717, 1.165) is 25.7 Å². The Morgan fingerprint density at radius 1 is 0.843 bits per heavy atom. The fourth-order valence-corrected chi connectivity index (χ4v) is 6.08. The third kappa shape index (κ3) is 10.2. The van der Waals surface area contributed by atoms with E-state index in [-0.39, 0.29) is 45.7 Å². The second-order valence-corrected chi connectivity index (χ2v) is 13.1. The van der Waals surface area contributed by atoms with Crippen molar-refractivity contribution in [1.29, 1.82) is 0 Å². The topological polar surface area (TPSA) is 176 Å². The number of hydrogen-bond donors (Lipinski definition) is 1. The van der Waals surface area contributed by atoms with Gasteiger partial charge in [-0.05, 0) is 91.0 Å². The summed E-state index contributed by atoms with van der Waals surface area (Å²) in [5.41, 5.74) is 9.03. The van der Waals surface area contributed by atoms with Crippen LogP contribution in [0.3, 0.4) is 0 Å². The molecular weight excluding hydrogens is 662 g/mol. The van der Waals surface area contributed by atoms with Crippen LogP contribution in [-0.4, -0.2) is 84.0 Å². The first-order chi connectivity index (χ1) is 24.5. The molecule has 0 saturated heterocycles. The molecule has 0 saturated carbocycles. The van der Waals surface area contributed by atoms with Gasteiger partial charge in [0.15, 0.2) is 0 Å². The molecule has 2 aromatic rings. The molecule has 0 aliphatic heterocycles. The molecule has 2 aliphatic rings. The van der Waals surface area contributed by atoms with Crippen LogP contribution in [0.15, 0.2) is 36.4 Å². The molecule has 2 atom stereocenters. The molecule has 0 heterocycles. The molecule has 4 rings (SSSR count). The van der Waals surface area contributed by atoms with E-state index in [4.69, 9.17) is 38.9 Å². The van der Waals surface area contributed by atoms with Crippen LogP contribution in [0.2, 0.25) is 0 Å². The highest BCUT2D eigenvalue weighted by molar-refractivity contribution is 6.03. The fraction of sp³-hybridized carbons (Fsp3) is 0.500. The van der Waals surface area contributed by atoms with Gasteiger partial charge >= 0.3 is 24.1 Å².